The topological polar surface area (TPSA) is 38.0 Å². The lowest BCUT2D eigenvalue weighted by atomic mass is 9.96. The fourth-order valence-electron chi connectivity index (χ4n) is 2.32. The number of nitrogens with two attached hydrogens (primary N) is 1. The Labute approximate surface area is 113 Å². The van der Waals surface area contributed by atoms with Crippen LogP contribution in [-0.4, -0.2) is 6.54 Å². The molecule has 0 saturated heterocycles. The molecule has 1 heterocycles. The summed E-state index contributed by atoms with van der Waals surface area (Å²) >= 11 is 1.78. The van der Waals surface area contributed by atoms with E-state index in [0.717, 1.165) is 6.54 Å². The van der Waals surface area contributed by atoms with Crippen molar-refractivity contribution in [2.45, 2.75) is 26.4 Å². The maximum atomic E-state index is 5.92. The van der Waals surface area contributed by atoms with Crippen molar-refractivity contribution < 1.29 is 0 Å². The van der Waals surface area contributed by atoms with Gasteiger partial charge in [0.2, 0.25) is 0 Å². The zero-order valence-corrected chi connectivity index (χ0v) is 11.8. The van der Waals surface area contributed by atoms with E-state index in [1.807, 2.05) is 0 Å². The van der Waals surface area contributed by atoms with Gasteiger partial charge >= 0.3 is 0 Å². The Hall–Kier alpha value is -1.16. The van der Waals surface area contributed by atoms with Crippen LogP contribution in [-0.2, 0) is 6.54 Å². The van der Waals surface area contributed by atoms with E-state index in [9.17, 15) is 0 Å². The van der Waals surface area contributed by atoms with Gasteiger partial charge in [-0.15, -0.1) is 11.3 Å². The van der Waals surface area contributed by atoms with Crippen molar-refractivity contribution in [1.82, 2.24) is 5.32 Å². The summed E-state index contributed by atoms with van der Waals surface area (Å²) in [6, 6.07) is 10.9. The molecule has 0 spiro atoms. The highest BCUT2D eigenvalue weighted by molar-refractivity contribution is 7.09. The van der Waals surface area contributed by atoms with Gasteiger partial charge in [0.15, 0.2) is 0 Å². The van der Waals surface area contributed by atoms with Crippen molar-refractivity contribution >= 4 is 11.3 Å². The van der Waals surface area contributed by atoms with E-state index in [2.05, 4.69) is 54.9 Å². The van der Waals surface area contributed by atoms with Crippen LogP contribution in [0.4, 0.5) is 0 Å². The predicted octanol–water partition coefficient (Wildman–Crippen LogP) is 3.15. The lowest BCUT2D eigenvalue weighted by molar-refractivity contribution is 0.540. The molecule has 2 rings (SSSR count). The molecule has 0 bridgehead atoms. The first kappa shape index (κ1) is 13.3. The zero-order valence-electron chi connectivity index (χ0n) is 10.9. The van der Waals surface area contributed by atoms with Gasteiger partial charge in [0.05, 0.1) is 0 Å². The molecule has 2 nitrogen and oxygen atoms in total. The molecule has 3 N–H and O–H groups in total. The molecule has 0 fully saturated rings. The summed E-state index contributed by atoms with van der Waals surface area (Å²) in [6.45, 7) is 5.81. The summed E-state index contributed by atoms with van der Waals surface area (Å²) in [4.78, 5) is 1.35. The van der Waals surface area contributed by atoms with Crippen LogP contribution < -0.4 is 11.1 Å². The fourth-order valence-corrected chi connectivity index (χ4v) is 2.97. The largest absolute Gasteiger partial charge is 0.329 e. The van der Waals surface area contributed by atoms with E-state index >= 15 is 0 Å². The van der Waals surface area contributed by atoms with Crippen molar-refractivity contribution in [2.75, 3.05) is 6.54 Å². The summed E-state index contributed by atoms with van der Waals surface area (Å²) in [5, 5.41) is 5.66. The lowest BCUT2D eigenvalue weighted by Crippen LogP contribution is -2.28. The first-order valence-corrected chi connectivity index (χ1v) is 7.12. The molecule has 0 aliphatic rings. The van der Waals surface area contributed by atoms with Gasteiger partial charge in [-0.05, 0) is 42.0 Å². The van der Waals surface area contributed by atoms with E-state index < -0.39 is 0 Å². The molecule has 1 aromatic carbocycles. The standard InChI is InChI=1S/C15H20N2S/c1-11-5-3-6-12(2)15(11)14(9-16)17-10-13-7-4-8-18-13/h3-8,14,17H,9-10,16H2,1-2H3. The highest BCUT2D eigenvalue weighted by Crippen LogP contribution is 2.22. The Morgan fingerprint density at radius 3 is 2.44 bits per heavy atom. The van der Waals surface area contributed by atoms with Crippen LogP contribution in [0.5, 0.6) is 0 Å². The number of hydrogen-bond donors (Lipinski definition) is 2. The molecule has 96 valence electrons. The average Bonchev–Trinajstić information content (AvgIpc) is 2.86. The molecule has 0 aliphatic carbocycles. The number of rotatable bonds is 5. The van der Waals surface area contributed by atoms with Crippen LogP contribution in [0.15, 0.2) is 35.7 Å². The van der Waals surface area contributed by atoms with E-state index in [-0.39, 0.29) is 6.04 Å². The maximum Gasteiger partial charge on any atom is 0.0452 e. The van der Waals surface area contributed by atoms with Gasteiger partial charge in [0.25, 0.3) is 0 Å². The van der Waals surface area contributed by atoms with E-state index in [4.69, 9.17) is 5.73 Å². The molecule has 18 heavy (non-hydrogen) atoms. The number of aryl methyl sites for hydroxylation is 2. The molecule has 1 unspecified atom stereocenters. The lowest BCUT2D eigenvalue weighted by Gasteiger charge is -2.21. The minimum atomic E-state index is 0.230. The van der Waals surface area contributed by atoms with Crippen molar-refractivity contribution in [3.05, 3.63) is 57.3 Å². The quantitative estimate of drug-likeness (QED) is 0.866. The molecule has 1 aromatic heterocycles. The van der Waals surface area contributed by atoms with Crippen LogP contribution in [0.2, 0.25) is 0 Å². The minimum Gasteiger partial charge on any atom is -0.329 e. The third-order valence-corrected chi connectivity index (χ3v) is 4.11. The Morgan fingerprint density at radius 2 is 1.89 bits per heavy atom. The van der Waals surface area contributed by atoms with Gasteiger partial charge in [-0.2, -0.15) is 0 Å². The van der Waals surface area contributed by atoms with Crippen LogP contribution in [0, 0.1) is 13.8 Å². The van der Waals surface area contributed by atoms with Crippen LogP contribution >= 0.6 is 11.3 Å². The van der Waals surface area contributed by atoms with Gasteiger partial charge in [-0.3, -0.25) is 0 Å². The summed E-state index contributed by atoms with van der Waals surface area (Å²) in [5.74, 6) is 0. The monoisotopic (exact) mass is 260 g/mol. The van der Waals surface area contributed by atoms with Gasteiger partial charge in [0.1, 0.15) is 0 Å². The highest BCUT2D eigenvalue weighted by atomic mass is 32.1. The summed E-state index contributed by atoms with van der Waals surface area (Å²) < 4.78 is 0. The predicted molar refractivity (Wildman–Crippen MR) is 78.9 cm³/mol. The molecule has 0 radical (unpaired) electrons. The average molecular weight is 260 g/mol. The van der Waals surface area contributed by atoms with E-state index in [0.29, 0.717) is 6.54 Å². The Balaban J connectivity index is 2.13. The summed E-state index contributed by atoms with van der Waals surface area (Å²) in [7, 11) is 0. The molecule has 0 amide bonds. The van der Waals surface area contributed by atoms with Crippen LogP contribution in [0.3, 0.4) is 0 Å². The molecular weight excluding hydrogens is 240 g/mol. The number of nitrogens with one attached hydrogen (secondary N) is 1. The number of thiophene rings is 1. The first-order valence-electron chi connectivity index (χ1n) is 6.24. The molecule has 2 aromatic rings. The zero-order chi connectivity index (χ0) is 13.0. The second-order valence-corrected chi connectivity index (χ2v) is 5.59. The van der Waals surface area contributed by atoms with Crippen LogP contribution in [0.1, 0.15) is 27.6 Å². The smallest absolute Gasteiger partial charge is 0.0452 e. The molecule has 0 saturated carbocycles. The summed E-state index contributed by atoms with van der Waals surface area (Å²) in [5.41, 5.74) is 9.89. The third kappa shape index (κ3) is 2.99. The maximum absolute atomic E-state index is 5.92. The normalized spacial score (nSPS) is 12.6. The van der Waals surface area contributed by atoms with Gasteiger partial charge in [-0.1, -0.05) is 24.3 Å². The highest BCUT2D eigenvalue weighted by Gasteiger charge is 2.13. The third-order valence-electron chi connectivity index (χ3n) is 3.23. The molecular formula is C15H20N2S. The molecule has 0 aliphatic heterocycles. The number of benzene rings is 1. The summed E-state index contributed by atoms with van der Waals surface area (Å²) in [6.07, 6.45) is 0. The van der Waals surface area contributed by atoms with Gasteiger partial charge < -0.3 is 11.1 Å². The van der Waals surface area contributed by atoms with Crippen molar-refractivity contribution in [2.24, 2.45) is 5.73 Å². The Kier molecular flexibility index (Phi) is 4.53. The second kappa shape index (κ2) is 6.14. The van der Waals surface area contributed by atoms with E-state index in [1.54, 1.807) is 11.3 Å². The van der Waals surface area contributed by atoms with E-state index in [1.165, 1.54) is 21.6 Å². The molecule has 3 heteroatoms. The van der Waals surface area contributed by atoms with Crippen molar-refractivity contribution in [1.29, 1.82) is 0 Å². The van der Waals surface area contributed by atoms with Crippen molar-refractivity contribution in [3.63, 3.8) is 0 Å². The fraction of sp³-hybridized carbons (Fsp3) is 0.333. The SMILES string of the molecule is Cc1cccc(C)c1C(CN)NCc1cccs1. The first-order chi connectivity index (χ1) is 8.72. The number of hydrogen-bond acceptors (Lipinski definition) is 3. The Bertz CT molecular complexity index is 471. The van der Waals surface area contributed by atoms with Gasteiger partial charge in [-0.25, -0.2) is 0 Å². The molecule has 1 atom stereocenters. The second-order valence-electron chi connectivity index (χ2n) is 4.55. The Morgan fingerprint density at radius 1 is 1.17 bits per heavy atom. The minimum absolute atomic E-state index is 0.230. The van der Waals surface area contributed by atoms with Crippen LogP contribution in [0.25, 0.3) is 0 Å². The van der Waals surface area contributed by atoms with Crippen molar-refractivity contribution in [3.8, 4) is 0 Å². The van der Waals surface area contributed by atoms with Gasteiger partial charge in [0, 0.05) is 24.0 Å².